The second kappa shape index (κ2) is 7.36. The molecule has 0 saturated heterocycles. The highest BCUT2D eigenvalue weighted by molar-refractivity contribution is 6.32. The first-order chi connectivity index (χ1) is 10.2. The fourth-order valence-electron chi connectivity index (χ4n) is 1.48. The Morgan fingerprint density at radius 3 is 2.95 bits per heavy atom. The molecule has 21 heavy (non-hydrogen) atoms. The summed E-state index contributed by atoms with van der Waals surface area (Å²) in [6.07, 6.45) is 0. The van der Waals surface area contributed by atoms with Crippen molar-refractivity contribution in [1.29, 1.82) is 0 Å². The molecule has 0 aliphatic carbocycles. The van der Waals surface area contributed by atoms with Gasteiger partial charge >= 0.3 is 0 Å². The number of hydrogen-bond acceptors (Lipinski definition) is 4. The van der Waals surface area contributed by atoms with E-state index in [1.807, 2.05) is 12.1 Å². The van der Waals surface area contributed by atoms with Crippen LogP contribution in [0.1, 0.15) is 16.2 Å². The van der Waals surface area contributed by atoms with Gasteiger partial charge in [-0.15, -0.1) is 0 Å². The van der Waals surface area contributed by atoms with E-state index in [9.17, 15) is 4.79 Å². The SMILES string of the molecule is Cc1cc(C(=O)NCC#CCOc2ccccc2Cl)no1. The van der Waals surface area contributed by atoms with Gasteiger partial charge in [-0.3, -0.25) is 4.79 Å². The zero-order valence-electron chi connectivity index (χ0n) is 11.4. The number of amides is 1. The summed E-state index contributed by atoms with van der Waals surface area (Å²) < 4.78 is 10.2. The molecular formula is C15H13ClN2O3. The predicted molar refractivity (Wildman–Crippen MR) is 78.3 cm³/mol. The van der Waals surface area contributed by atoms with Crippen LogP contribution in [0.15, 0.2) is 34.9 Å². The number of carbonyl (C=O) groups excluding carboxylic acids is 1. The number of aryl methyl sites for hydroxylation is 1. The van der Waals surface area contributed by atoms with Crippen LogP contribution < -0.4 is 10.1 Å². The van der Waals surface area contributed by atoms with Crippen LogP contribution in [-0.2, 0) is 0 Å². The maximum atomic E-state index is 11.6. The number of nitrogens with zero attached hydrogens (tertiary/aromatic N) is 1. The molecule has 0 radical (unpaired) electrons. The highest BCUT2D eigenvalue weighted by Gasteiger charge is 2.08. The van der Waals surface area contributed by atoms with Gasteiger partial charge in [-0.2, -0.15) is 0 Å². The molecule has 2 aromatic rings. The van der Waals surface area contributed by atoms with Crippen molar-refractivity contribution in [3.05, 3.63) is 46.8 Å². The van der Waals surface area contributed by atoms with Crippen LogP contribution in [0.5, 0.6) is 5.75 Å². The van der Waals surface area contributed by atoms with Crippen LogP contribution in [0.3, 0.4) is 0 Å². The smallest absolute Gasteiger partial charge is 0.274 e. The highest BCUT2D eigenvalue weighted by Crippen LogP contribution is 2.22. The van der Waals surface area contributed by atoms with Gasteiger partial charge in [0.2, 0.25) is 0 Å². The zero-order valence-corrected chi connectivity index (χ0v) is 12.1. The minimum atomic E-state index is -0.326. The first kappa shape index (κ1) is 14.9. The van der Waals surface area contributed by atoms with E-state index < -0.39 is 0 Å². The number of benzene rings is 1. The monoisotopic (exact) mass is 304 g/mol. The summed E-state index contributed by atoms with van der Waals surface area (Å²) in [6.45, 7) is 2.12. The fourth-order valence-corrected chi connectivity index (χ4v) is 1.67. The van der Waals surface area contributed by atoms with Crippen molar-refractivity contribution in [2.24, 2.45) is 0 Å². The van der Waals surface area contributed by atoms with Crippen molar-refractivity contribution in [2.75, 3.05) is 13.2 Å². The Balaban J connectivity index is 1.72. The Morgan fingerprint density at radius 1 is 1.43 bits per heavy atom. The molecule has 1 N–H and O–H groups in total. The molecule has 2 rings (SSSR count). The number of hydrogen-bond donors (Lipinski definition) is 1. The van der Waals surface area contributed by atoms with E-state index in [0.29, 0.717) is 16.5 Å². The standard InChI is InChI=1S/C15H13ClN2O3/c1-11-10-13(18-21-11)15(19)17-8-4-5-9-20-14-7-3-2-6-12(14)16/h2-3,6-7,10H,8-9H2,1H3,(H,17,19). The third kappa shape index (κ3) is 4.55. The molecule has 0 atom stereocenters. The quantitative estimate of drug-likeness (QED) is 0.881. The van der Waals surface area contributed by atoms with E-state index in [0.717, 1.165) is 0 Å². The van der Waals surface area contributed by atoms with Gasteiger partial charge in [-0.1, -0.05) is 40.7 Å². The van der Waals surface area contributed by atoms with Crippen LogP contribution in [-0.4, -0.2) is 24.2 Å². The molecule has 0 aliphatic rings. The van der Waals surface area contributed by atoms with Crippen LogP contribution in [0.25, 0.3) is 0 Å². The Kier molecular flexibility index (Phi) is 5.24. The second-order valence-electron chi connectivity index (χ2n) is 4.08. The molecular weight excluding hydrogens is 292 g/mol. The van der Waals surface area contributed by atoms with Crippen molar-refractivity contribution >= 4 is 17.5 Å². The Hall–Kier alpha value is -2.45. The number of carbonyl (C=O) groups is 1. The molecule has 0 aliphatic heterocycles. The van der Waals surface area contributed by atoms with Gasteiger partial charge in [0, 0.05) is 6.07 Å². The lowest BCUT2D eigenvalue weighted by Crippen LogP contribution is -2.23. The summed E-state index contributed by atoms with van der Waals surface area (Å²) >= 11 is 5.93. The molecule has 1 aromatic heterocycles. The van der Waals surface area contributed by atoms with E-state index in [1.165, 1.54) is 0 Å². The Bertz CT molecular complexity index is 685. The van der Waals surface area contributed by atoms with E-state index >= 15 is 0 Å². The molecule has 0 saturated carbocycles. The molecule has 0 bridgehead atoms. The summed E-state index contributed by atoms with van der Waals surface area (Å²) in [5, 5.41) is 6.75. The normalized spacial score (nSPS) is 9.62. The lowest BCUT2D eigenvalue weighted by atomic mass is 10.3. The van der Waals surface area contributed by atoms with Gasteiger partial charge in [0.05, 0.1) is 11.6 Å². The molecule has 0 fully saturated rings. The topological polar surface area (TPSA) is 64.4 Å². The maximum absolute atomic E-state index is 11.6. The van der Waals surface area contributed by atoms with E-state index in [4.69, 9.17) is 20.9 Å². The third-order valence-corrected chi connectivity index (χ3v) is 2.77. The highest BCUT2D eigenvalue weighted by atomic mass is 35.5. The number of halogens is 1. The summed E-state index contributed by atoms with van der Waals surface area (Å²) in [5.41, 5.74) is 0.238. The van der Waals surface area contributed by atoms with Gasteiger partial charge in [0.15, 0.2) is 5.69 Å². The molecule has 1 amide bonds. The van der Waals surface area contributed by atoms with Gasteiger partial charge in [0.25, 0.3) is 5.91 Å². The van der Waals surface area contributed by atoms with Crippen LogP contribution in [0, 0.1) is 18.8 Å². The summed E-state index contributed by atoms with van der Waals surface area (Å²) in [5.74, 6) is 6.39. The molecule has 108 valence electrons. The zero-order chi connectivity index (χ0) is 15.1. The van der Waals surface area contributed by atoms with E-state index in [2.05, 4.69) is 22.3 Å². The Morgan fingerprint density at radius 2 is 2.24 bits per heavy atom. The average Bonchev–Trinajstić information content (AvgIpc) is 2.91. The van der Waals surface area contributed by atoms with Gasteiger partial charge in [-0.25, -0.2) is 0 Å². The molecule has 0 spiro atoms. The number of aromatic nitrogens is 1. The second-order valence-corrected chi connectivity index (χ2v) is 4.49. The summed E-state index contributed by atoms with van der Waals surface area (Å²) in [4.78, 5) is 11.6. The first-order valence-corrected chi connectivity index (χ1v) is 6.59. The van der Waals surface area contributed by atoms with Gasteiger partial charge in [-0.05, 0) is 19.1 Å². The van der Waals surface area contributed by atoms with Gasteiger partial charge < -0.3 is 14.6 Å². The number of ether oxygens (including phenoxy) is 1. The first-order valence-electron chi connectivity index (χ1n) is 6.21. The van der Waals surface area contributed by atoms with Crippen LogP contribution >= 0.6 is 11.6 Å². The lowest BCUT2D eigenvalue weighted by Gasteiger charge is -2.02. The summed E-state index contributed by atoms with van der Waals surface area (Å²) in [6, 6.07) is 8.71. The van der Waals surface area contributed by atoms with Gasteiger partial charge in [0.1, 0.15) is 18.1 Å². The van der Waals surface area contributed by atoms with E-state index in [1.54, 1.807) is 25.1 Å². The number of rotatable bonds is 4. The van der Waals surface area contributed by atoms with Crippen molar-refractivity contribution in [3.63, 3.8) is 0 Å². The minimum Gasteiger partial charge on any atom is -0.479 e. The van der Waals surface area contributed by atoms with Crippen LogP contribution in [0.2, 0.25) is 5.02 Å². The predicted octanol–water partition coefficient (Wildman–Crippen LogP) is 2.45. The Labute approximate surface area is 127 Å². The fraction of sp³-hybridized carbons (Fsp3) is 0.200. The average molecular weight is 305 g/mol. The van der Waals surface area contributed by atoms with Crippen molar-refractivity contribution in [2.45, 2.75) is 6.92 Å². The summed E-state index contributed by atoms with van der Waals surface area (Å²) in [7, 11) is 0. The molecule has 1 heterocycles. The molecule has 0 unspecified atom stereocenters. The lowest BCUT2D eigenvalue weighted by molar-refractivity contribution is 0.0949. The van der Waals surface area contributed by atoms with Crippen molar-refractivity contribution in [1.82, 2.24) is 10.5 Å². The molecule has 6 heteroatoms. The van der Waals surface area contributed by atoms with E-state index in [-0.39, 0.29) is 24.8 Å². The van der Waals surface area contributed by atoms with Crippen molar-refractivity contribution in [3.8, 4) is 17.6 Å². The third-order valence-electron chi connectivity index (χ3n) is 2.46. The maximum Gasteiger partial charge on any atom is 0.274 e. The van der Waals surface area contributed by atoms with Crippen molar-refractivity contribution < 1.29 is 14.1 Å². The molecule has 1 aromatic carbocycles. The number of nitrogens with one attached hydrogen (secondary N) is 1. The molecule has 5 nitrogen and oxygen atoms in total. The van der Waals surface area contributed by atoms with Crippen LogP contribution in [0.4, 0.5) is 0 Å². The largest absolute Gasteiger partial charge is 0.479 e. The minimum absolute atomic E-state index is 0.197. The number of para-hydroxylation sites is 1.